The maximum absolute atomic E-state index is 13.2. The number of carboxylic acid groups (broad SMARTS) is 1. The van der Waals surface area contributed by atoms with E-state index in [2.05, 4.69) is 15.3 Å². The average molecular weight is 453 g/mol. The van der Waals surface area contributed by atoms with Gasteiger partial charge < -0.3 is 20.7 Å². The molecule has 0 bridgehead atoms. The van der Waals surface area contributed by atoms with Crippen LogP contribution in [0.5, 0.6) is 0 Å². The number of aliphatic carboxylic acids is 1. The Morgan fingerprint density at radius 2 is 2.00 bits per heavy atom. The largest absolute Gasteiger partial charge is 0.481 e. The second kappa shape index (κ2) is 8.93. The van der Waals surface area contributed by atoms with E-state index < -0.39 is 17.8 Å². The number of hydrogen-bond acceptors (Lipinski definition) is 6. The van der Waals surface area contributed by atoms with Gasteiger partial charge in [0.05, 0.1) is 34.5 Å². The van der Waals surface area contributed by atoms with Gasteiger partial charge in [0.1, 0.15) is 0 Å². The number of carbonyl (C=O) groups excluding carboxylic acids is 1. The molecule has 30 heavy (non-hydrogen) atoms. The van der Waals surface area contributed by atoms with E-state index in [9.17, 15) is 14.7 Å². The number of nitrogen functional groups attached to an aromatic ring is 1. The Morgan fingerprint density at radius 1 is 1.33 bits per heavy atom. The normalized spacial score (nSPS) is 15.6. The van der Waals surface area contributed by atoms with Crippen LogP contribution >= 0.6 is 23.2 Å². The Kier molecular flexibility index (Phi) is 6.52. The zero-order valence-electron chi connectivity index (χ0n) is 16.5. The predicted octanol–water partition coefficient (Wildman–Crippen LogP) is 2.50. The highest BCUT2D eigenvalue weighted by molar-refractivity contribution is 6.40. The molecule has 160 valence electrons. The molecule has 0 radical (unpaired) electrons. The van der Waals surface area contributed by atoms with Crippen LogP contribution in [-0.2, 0) is 23.1 Å². The van der Waals surface area contributed by atoms with Crippen molar-refractivity contribution in [2.24, 2.45) is 23.9 Å². The van der Waals surface area contributed by atoms with Gasteiger partial charge >= 0.3 is 5.97 Å². The first kappa shape index (κ1) is 21.9. The van der Waals surface area contributed by atoms with Crippen LogP contribution < -0.4 is 11.1 Å². The van der Waals surface area contributed by atoms with E-state index in [1.54, 1.807) is 31.1 Å². The summed E-state index contributed by atoms with van der Waals surface area (Å²) in [4.78, 5) is 34.8. The summed E-state index contributed by atoms with van der Waals surface area (Å²) in [5, 5.41) is 13.3. The van der Waals surface area contributed by atoms with E-state index in [0.717, 1.165) is 5.69 Å². The van der Waals surface area contributed by atoms with Crippen LogP contribution in [0.15, 0.2) is 29.6 Å². The number of imidazole rings is 1. The zero-order valence-corrected chi connectivity index (χ0v) is 18.0. The van der Waals surface area contributed by atoms with Gasteiger partial charge in [-0.25, -0.2) is 4.98 Å². The number of rotatable bonds is 6. The fourth-order valence-electron chi connectivity index (χ4n) is 3.30. The molecule has 1 aliphatic rings. The number of halogens is 2. The third-order valence-corrected chi connectivity index (χ3v) is 5.66. The van der Waals surface area contributed by atoms with Gasteiger partial charge in [0.25, 0.3) is 0 Å². The van der Waals surface area contributed by atoms with Crippen LogP contribution in [0.25, 0.3) is 0 Å². The third-order valence-electron chi connectivity index (χ3n) is 5.06. The number of carbonyl (C=O) groups is 2. The number of aryl methyl sites for hydroxylation is 1. The van der Waals surface area contributed by atoms with Crippen molar-refractivity contribution in [1.82, 2.24) is 14.5 Å². The van der Waals surface area contributed by atoms with Crippen molar-refractivity contribution >= 4 is 52.4 Å². The van der Waals surface area contributed by atoms with Crippen LogP contribution in [0, 0.1) is 11.8 Å². The predicted molar refractivity (Wildman–Crippen MR) is 116 cm³/mol. The van der Waals surface area contributed by atoms with Gasteiger partial charge in [0.15, 0.2) is 0 Å². The number of aliphatic imine (C=N–C) groups is 1. The minimum Gasteiger partial charge on any atom is -0.481 e. The number of benzene rings is 1. The Hall–Kier alpha value is -2.78. The summed E-state index contributed by atoms with van der Waals surface area (Å²) in [6, 6.07) is 3.07. The maximum atomic E-state index is 13.2. The van der Waals surface area contributed by atoms with Gasteiger partial charge in [0, 0.05) is 43.5 Å². The number of anilines is 2. The first-order valence-electron chi connectivity index (χ1n) is 9.24. The molecule has 9 nitrogen and oxygen atoms in total. The van der Waals surface area contributed by atoms with Crippen LogP contribution in [0.2, 0.25) is 10.0 Å². The molecule has 1 amide bonds. The molecule has 3 rings (SSSR count). The minimum atomic E-state index is -1.05. The lowest BCUT2D eigenvalue weighted by atomic mass is 9.88. The molecule has 2 aromatic rings. The van der Waals surface area contributed by atoms with E-state index in [1.165, 1.54) is 17.0 Å². The Labute approximate surface area is 183 Å². The Balaban J connectivity index is 1.78. The molecule has 11 heteroatoms. The van der Waals surface area contributed by atoms with Crippen molar-refractivity contribution < 1.29 is 14.7 Å². The van der Waals surface area contributed by atoms with Crippen LogP contribution in [0.1, 0.15) is 12.6 Å². The Bertz CT molecular complexity index is 983. The molecule has 4 N–H and O–H groups in total. The Morgan fingerprint density at radius 3 is 2.57 bits per heavy atom. The second-order valence-electron chi connectivity index (χ2n) is 7.11. The highest BCUT2D eigenvalue weighted by Crippen LogP contribution is 2.33. The molecule has 0 spiro atoms. The molecular formula is C19H22Cl2N6O3. The smallest absolute Gasteiger partial charge is 0.307 e. The van der Waals surface area contributed by atoms with Crippen LogP contribution in [-0.4, -0.2) is 50.5 Å². The summed E-state index contributed by atoms with van der Waals surface area (Å²) >= 11 is 12.4. The van der Waals surface area contributed by atoms with Gasteiger partial charge in [0.2, 0.25) is 11.9 Å². The van der Waals surface area contributed by atoms with Crippen LogP contribution in [0.3, 0.4) is 0 Å². The van der Waals surface area contributed by atoms with Crippen molar-refractivity contribution in [3.8, 4) is 0 Å². The molecule has 0 saturated heterocycles. The molecule has 1 aromatic heterocycles. The number of nitrogens with zero attached hydrogens (tertiary/aromatic N) is 4. The summed E-state index contributed by atoms with van der Waals surface area (Å²) in [5.41, 5.74) is 7.24. The molecule has 1 aliphatic heterocycles. The van der Waals surface area contributed by atoms with Gasteiger partial charge in [-0.15, -0.1) is 0 Å². The topological polar surface area (TPSA) is 126 Å². The number of hydrogen-bond donors (Lipinski definition) is 3. The van der Waals surface area contributed by atoms with Crippen molar-refractivity contribution in [2.45, 2.75) is 13.3 Å². The van der Waals surface area contributed by atoms with Gasteiger partial charge in [-0.1, -0.05) is 30.1 Å². The fraction of sp³-hybridized carbons (Fsp3) is 0.368. The highest BCUT2D eigenvalue weighted by Gasteiger charge is 2.36. The summed E-state index contributed by atoms with van der Waals surface area (Å²) in [7, 11) is 1.78. The average Bonchev–Trinajstić information content (AvgIpc) is 3.30. The van der Waals surface area contributed by atoms with Crippen molar-refractivity contribution in [3.05, 3.63) is 40.4 Å². The van der Waals surface area contributed by atoms with E-state index in [1.807, 2.05) is 0 Å². The number of nitrogens with two attached hydrogens (primary N) is 1. The quantitative estimate of drug-likeness (QED) is 0.577. The van der Waals surface area contributed by atoms with Crippen LogP contribution in [0.4, 0.5) is 11.4 Å². The summed E-state index contributed by atoms with van der Waals surface area (Å²) in [6.07, 6.45) is 3.38. The number of amides is 1. The van der Waals surface area contributed by atoms with Crippen molar-refractivity contribution in [2.75, 3.05) is 24.1 Å². The molecule has 0 aliphatic carbocycles. The lowest BCUT2D eigenvalue weighted by molar-refractivity contribution is -0.148. The zero-order chi connectivity index (χ0) is 22.0. The summed E-state index contributed by atoms with van der Waals surface area (Å²) in [5.74, 6) is -2.84. The molecule has 0 fully saturated rings. The first-order valence-corrected chi connectivity index (χ1v) is 10.00. The van der Waals surface area contributed by atoms with E-state index in [4.69, 9.17) is 28.9 Å². The maximum Gasteiger partial charge on any atom is 0.307 e. The minimum absolute atomic E-state index is 0.183. The standard InChI is InChI=1S/C19H22Cl2N6O3/c1-10(13(18(29)30)7-12-8-23-9-26(12)2)17(28)27-4-3-24-19(27)25-16-14(20)5-11(22)6-15(16)21/h5-6,8-10,13H,3-4,7,22H2,1-2H3,(H,24,25)(H,29,30). The SMILES string of the molecule is CC(C(=O)N1CCN=C1Nc1c(Cl)cc(N)cc1Cl)C(Cc1cncn1C)C(=O)O. The third kappa shape index (κ3) is 4.52. The highest BCUT2D eigenvalue weighted by atomic mass is 35.5. The molecule has 2 heterocycles. The number of guanidine groups is 1. The fourth-order valence-corrected chi connectivity index (χ4v) is 3.89. The molecule has 0 saturated carbocycles. The van der Waals surface area contributed by atoms with Gasteiger partial charge in [-0.3, -0.25) is 19.5 Å². The lowest BCUT2D eigenvalue weighted by Gasteiger charge is -2.26. The van der Waals surface area contributed by atoms with E-state index in [-0.39, 0.29) is 28.3 Å². The monoisotopic (exact) mass is 452 g/mol. The van der Waals surface area contributed by atoms with Gasteiger partial charge in [-0.05, 0) is 12.1 Å². The van der Waals surface area contributed by atoms with Crippen molar-refractivity contribution in [3.63, 3.8) is 0 Å². The number of nitrogens with one attached hydrogen (secondary N) is 1. The summed E-state index contributed by atoms with van der Waals surface area (Å²) in [6.45, 7) is 2.31. The number of aromatic nitrogens is 2. The number of carboxylic acids is 1. The molecule has 1 aromatic carbocycles. The first-order chi connectivity index (χ1) is 14.2. The molecule has 2 atom stereocenters. The van der Waals surface area contributed by atoms with E-state index >= 15 is 0 Å². The van der Waals surface area contributed by atoms with Gasteiger partial charge in [-0.2, -0.15) is 0 Å². The second-order valence-corrected chi connectivity index (χ2v) is 7.93. The van der Waals surface area contributed by atoms with Crippen molar-refractivity contribution in [1.29, 1.82) is 0 Å². The summed E-state index contributed by atoms with van der Waals surface area (Å²) < 4.78 is 1.74. The molecular weight excluding hydrogens is 431 g/mol. The van der Waals surface area contributed by atoms with E-state index in [0.29, 0.717) is 24.5 Å². The lowest BCUT2D eigenvalue weighted by Crippen LogP contribution is -2.44. The molecule has 2 unspecified atom stereocenters.